The Balaban J connectivity index is 1.18. The number of ether oxygens (including phenoxy) is 1. The summed E-state index contributed by atoms with van der Waals surface area (Å²) >= 11 is 0. The van der Waals surface area contributed by atoms with Crippen LogP contribution in [-0.4, -0.2) is 57.9 Å². The van der Waals surface area contributed by atoms with Gasteiger partial charge in [-0.1, -0.05) is 24.3 Å². The van der Waals surface area contributed by atoms with Crippen LogP contribution in [0.25, 0.3) is 0 Å². The number of nitrogens with one attached hydrogen (secondary N) is 4. The zero-order valence-electron chi connectivity index (χ0n) is 29.1. The van der Waals surface area contributed by atoms with Crippen molar-refractivity contribution in [2.24, 2.45) is 23.5 Å². The van der Waals surface area contributed by atoms with Gasteiger partial charge in [0.2, 0.25) is 11.9 Å². The van der Waals surface area contributed by atoms with Gasteiger partial charge in [0.05, 0.1) is 29.7 Å². The van der Waals surface area contributed by atoms with E-state index in [1.54, 1.807) is 13.8 Å². The molecule has 1 fully saturated rings. The molecule has 2 aromatic heterocycles. The molecule has 3 atom stereocenters. The summed E-state index contributed by atoms with van der Waals surface area (Å²) in [6.45, 7) is 4.65. The van der Waals surface area contributed by atoms with Crippen molar-refractivity contribution < 1.29 is 41.5 Å². The van der Waals surface area contributed by atoms with Crippen LogP contribution in [0.3, 0.4) is 0 Å². The highest BCUT2D eigenvalue weighted by atomic mass is 19.4. The lowest BCUT2D eigenvalue weighted by Gasteiger charge is -2.19. The molecule has 13 nitrogen and oxygen atoms in total. The number of benzene rings is 1. The third-order valence-corrected chi connectivity index (χ3v) is 9.02. The maximum Gasteiger partial charge on any atom is 0.573 e. The van der Waals surface area contributed by atoms with Crippen LogP contribution in [-0.2, 0) is 16.0 Å². The molecule has 0 spiro atoms. The summed E-state index contributed by atoms with van der Waals surface area (Å²) in [5.74, 6) is -0.140. The summed E-state index contributed by atoms with van der Waals surface area (Å²) in [5, 5.41) is 15.5. The Bertz CT molecular complexity index is 1900. The maximum absolute atomic E-state index is 14.7. The molecule has 53 heavy (non-hydrogen) atoms. The zero-order chi connectivity index (χ0) is 38.3. The summed E-state index contributed by atoms with van der Waals surface area (Å²) in [5.41, 5.74) is 5.56. The second kappa shape index (κ2) is 16.8. The number of nitrogens with two attached hydrogens (primary N) is 1. The number of unbranched alkanes of at least 4 members (excludes halogenated alkanes) is 1. The number of rotatable bonds is 17. The molecule has 3 unspecified atom stereocenters. The van der Waals surface area contributed by atoms with E-state index < -0.39 is 41.5 Å². The lowest BCUT2D eigenvalue weighted by molar-refractivity contribution is -0.274. The van der Waals surface area contributed by atoms with Crippen LogP contribution in [0.2, 0.25) is 0 Å². The van der Waals surface area contributed by atoms with Gasteiger partial charge in [-0.15, -0.1) is 13.2 Å². The minimum absolute atomic E-state index is 0.000565. The SMILES string of the molecule is CC(C)n1nc(C(=O)Nc2cc(NC(=O)Cc3ccc(OC(F)(F)F)cc3)cnc2F)c(C(N)=O)c1NCCCCC(=C=O)NCC1CC2C=CC1C2. The molecule has 1 saturated carbocycles. The van der Waals surface area contributed by atoms with E-state index in [0.29, 0.717) is 54.8 Å². The maximum atomic E-state index is 14.7. The number of halogens is 4. The molecule has 1 aromatic carbocycles. The molecule has 2 bridgehead atoms. The van der Waals surface area contributed by atoms with Crippen LogP contribution in [0.15, 0.2) is 54.4 Å². The van der Waals surface area contributed by atoms with Crippen molar-refractivity contribution in [1.29, 1.82) is 0 Å². The average molecular weight is 741 g/mol. The predicted molar refractivity (Wildman–Crippen MR) is 187 cm³/mol. The molecule has 3 aromatic rings. The highest BCUT2D eigenvalue weighted by Crippen LogP contribution is 2.43. The molecular formula is C36H40F4N8O5. The van der Waals surface area contributed by atoms with Gasteiger partial charge in [-0.05, 0) is 87.5 Å². The number of anilines is 3. The lowest BCUT2D eigenvalue weighted by atomic mass is 9.93. The van der Waals surface area contributed by atoms with E-state index in [0.717, 1.165) is 37.4 Å². The molecule has 0 saturated heterocycles. The quantitative estimate of drug-likeness (QED) is 0.0391. The summed E-state index contributed by atoms with van der Waals surface area (Å²) in [6, 6.07) is 5.46. The first-order valence-corrected chi connectivity index (χ1v) is 17.1. The van der Waals surface area contributed by atoms with Crippen molar-refractivity contribution in [2.45, 2.75) is 64.8 Å². The number of primary amides is 1. The number of hydrogen-bond acceptors (Lipinski definition) is 9. The Kier molecular flexibility index (Phi) is 12.2. The number of carbonyl (C=O) groups is 3. The second-order valence-electron chi connectivity index (χ2n) is 13.3. The summed E-state index contributed by atoms with van der Waals surface area (Å²) in [6.07, 6.45) is 4.48. The van der Waals surface area contributed by atoms with Crippen molar-refractivity contribution in [2.75, 3.05) is 29.0 Å². The van der Waals surface area contributed by atoms with E-state index in [1.165, 1.54) is 23.2 Å². The molecule has 17 heteroatoms. The topological polar surface area (TPSA) is 182 Å². The van der Waals surface area contributed by atoms with Gasteiger partial charge >= 0.3 is 6.36 Å². The number of hydrogen-bond donors (Lipinski definition) is 5. The molecule has 3 amide bonds. The van der Waals surface area contributed by atoms with Crippen molar-refractivity contribution in [1.82, 2.24) is 20.1 Å². The minimum Gasteiger partial charge on any atom is -0.406 e. The molecule has 2 aliphatic carbocycles. The van der Waals surface area contributed by atoms with Gasteiger partial charge in [-0.3, -0.25) is 14.4 Å². The first-order valence-electron chi connectivity index (χ1n) is 17.1. The number of nitrogens with zero attached hydrogens (tertiary/aromatic N) is 3. The van der Waals surface area contributed by atoms with Gasteiger partial charge in [-0.2, -0.15) is 9.49 Å². The van der Waals surface area contributed by atoms with E-state index in [-0.39, 0.29) is 35.2 Å². The Morgan fingerprint density at radius 3 is 2.47 bits per heavy atom. The minimum atomic E-state index is -4.86. The van der Waals surface area contributed by atoms with Crippen molar-refractivity contribution in [3.05, 3.63) is 77.1 Å². The van der Waals surface area contributed by atoms with E-state index in [9.17, 15) is 36.7 Å². The Morgan fingerprint density at radius 1 is 1.09 bits per heavy atom. The van der Waals surface area contributed by atoms with Crippen molar-refractivity contribution >= 4 is 40.9 Å². The highest BCUT2D eigenvalue weighted by molar-refractivity contribution is 6.13. The number of amides is 3. The molecule has 5 rings (SSSR count). The first kappa shape index (κ1) is 38.5. The predicted octanol–water partition coefficient (Wildman–Crippen LogP) is 5.53. The fourth-order valence-corrected chi connectivity index (χ4v) is 6.55. The zero-order valence-corrected chi connectivity index (χ0v) is 29.1. The molecule has 2 heterocycles. The van der Waals surface area contributed by atoms with Crippen LogP contribution in [0.1, 0.15) is 78.4 Å². The molecule has 0 aliphatic heterocycles. The van der Waals surface area contributed by atoms with E-state index in [1.807, 2.05) is 5.94 Å². The van der Waals surface area contributed by atoms with Crippen LogP contribution in [0, 0.1) is 23.7 Å². The molecular weight excluding hydrogens is 700 g/mol. The van der Waals surface area contributed by atoms with Crippen LogP contribution < -0.4 is 31.7 Å². The van der Waals surface area contributed by atoms with Crippen LogP contribution >= 0.6 is 0 Å². The largest absolute Gasteiger partial charge is 0.573 e. The molecule has 282 valence electrons. The Hall–Kier alpha value is -5.70. The van der Waals surface area contributed by atoms with E-state index in [4.69, 9.17) is 5.73 Å². The van der Waals surface area contributed by atoms with Gasteiger partial charge in [0, 0.05) is 19.1 Å². The Labute approximate surface area is 302 Å². The number of carbonyl (C=O) groups excluding carboxylic acids is 4. The van der Waals surface area contributed by atoms with E-state index in [2.05, 4.69) is 48.2 Å². The first-order chi connectivity index (χ1) is 25.2. The van der Waals surface area contributed by atoms with Crippen molar-refractivity contribution in [3.63, 3.8) is 0 Å². The normalized spacial score (nSPS) is 17.4. The number of aromatic nitrogens is 3. The smallest absolute Gasteiger partial charge is 0.406 e. The molecule has 2 aliphatic rings. The van der Waals surface area contributed by atoms with Gasteiger partial charge < -0.3 is 31.7 Å². The lowest BCUT2D eigenvalue weighted by Crippen LogP contribution is -2.25. The third kappa shape index (κ3) is 10.2. The van der Waals surface area contributed by atoms with Crippen LogP contribution in [0.5, 0.6) is 5.75 Å². The average Bonchev–Trinajstić information content (AvgIpc) is 3.83. The third-order valence-electron chi connectivity index (χ3n) is 9.02. The monoisotopic (exact) mass is 740 g/mol. The van der Waals surface area contributed by atoms with Gasteiger partial charge in [0.1, 0.15) is 23.1 Å². The summed E-state index contributed by atoms with van der Waals surface area (Å²) in [7, 11) is 0. The van der Waals surface area contributed by atoms with Gasteiger partial charge in [0.15, 0.2) is 5.69 Å². The fourth-order valence-electron chi connectivity index (χ4n) is 6.55. The van der Waals surface area contributed by atoms with Crippen molar-refractivity contribution in [3.8, 4) is 5.75 Å². The highest BCUT2D eigenvalue weighted by Gasteiger charge is 2.35. The number of pyridine rings is 1. The number of allylic oxidation sites excluding steroid dienone is 3. The fraction of sp³-hybridized carbons (Fsp3) is 0.417. The molecule has 6 N–H and O–H groups in total. The second-order valence-corrected chi connectivity index (χ2v) is 13.3. The van der Waals surface area contributed by atoms with E-state index >= 15 is 0 Å². The Morgan fingerprint density at radius 2 is 1.85 bits per heavy atom. The summed E-state index contributed by atoms with van der Waals surface area (Å²) in [4.78, 5) is 53.8. The standard InChI is InChI=1S/C36H40F4N8O5/c1-20(2)48-34(42-12-4-3-5-25(19-49)43-17-24-14-22-6-9-23(24)13-22)30(33(41)51)31(47-48)35(52)46-28-16-26(18-44-32(28)37)45-29(50)15-21-7-10-27(11-8-21)53-36(38,39)40/h6-11,16,18,20,22-24,42-43H,3-5,12-15,17H2,1-2H3,(H2,41,51)(H,45,50)(H,46,52). The van der Waals surface area contributed by atoms with Crippen LogP contribution in [0.4, 0.5) is 34.8 Å². The number of fused-ring (bicyclic) bond motifs is 2. The van der Waals surface area contributed by atoms with Gasteiger partial charge in [-0.25, -0.2) is 14.5 Å². The number of alkyl halides is 3. The van der Waals surface area contributed by atoms with Gasteiger partial charge in [0.25, 0.3) is 11.8 Å². The summed E-state index contributed by atoms with van der Waals surface area (Å²) < 4.78 is 57.2. The molecule has 0 radical (unpaired) electrons.